The van der Waals surface area contributed by atoms with E-state index in [9.17, 15) is 5.48 Å². The van der Waals surface area contributed by atoms with E-state index in [-0.39, 0.29) is 38.2 Å². The lowest BCUT2D eigenvalue weighted by Crippen LogP contribution is -1.95. The van der Waals surface area contributed by atoms with Gasteiger partial charge in [0.25, 0.3) is 0 Å². The van der Waals surface area contributed by atoms with Crippen molar-refractivity contribution in [3.63, 3.8) is 0 Å². The van der Waals surface area contributed by atoms with Gasteiger partial charge in [0.05, 0.1) is 17.8 Å². The van der Waals surface area contributed by atoms with E-state index in [1.54, 1.807) is 36.4 Å². The Bertz CT molecular complexity index is 3160. The summed E-state index contributed by atoms with van der Waals surface area (Å²) in [7, 11) is 0. The molecular formula is C48H32. The van der Waals surface area contributed by atoms with Crippen LogP contribution in [0.2, 0.25) is 0 Å². The van der Waals surface area contributed by atoms with Crippen LogP contribution in [0.15, 0.2) is 194 Å². The molecule has 0 nitrogen and oxygen atoms in total. The van der Waals surface area contributed by atoms with E-state index in [0.717, 1.165) is 11.1 Å². The molecule has 0 amide bonds. The van der Waals surface area contributed by atoms with Crippen molar-refractivity contribution in [3.05, 3.63) is 194 Å². The van der Waals surface area contributed by atoms with Gasteiger partial charge in [0, 0.05) is 0 Å². The molecule has 0 aliphatic heterocycles. The Kier molecular flexibility index (Phi) is 4.35. The van der Waals surface area contributed by atoms with E-state index in [1.165, 1.54) is 0 Å². The van der Waals surface area contributed by atoms with Crippen LogP contribution in [0.1, 0.15) is 17.8 Å². The fourth-order valence-corrected chi connectivity index (χ4v) is 6.81. The average molecular weight is 622 g/mol. The van der Waals surface area contributed by atoms with Gasteiger partial charge in [-0.3, -0.25) is 0 Å². The minimum atomic E-state index is -0.537. The van der Waals surface area contributed by atoms with Gasteiger partial charge in [-0.1, -0.05) is 194 Å². The highest BCUT2D eigenvalue weighted by atomic mass is 14.3. The highest BCUT2D eigenvalue weighted by Gasteiger charge is 2.22. The van der Waals surface area contributed by atoms with Crippen molar-refractivity contribution in [2.45, 2.75) is 0 Å². The third kappa shape index (κ3) is 4.62. The smallest absolute Gasteiger partial charge is 0.0622 e. The summed E-state index contributed by atoms with van der Waals surface area (Å²) in [6.07, 6.45) is 0. The Labute approximate surface area is 299 Å². The van der Waals surface area contributed by atoms with Gasteiger partial charge in [-0.25, -0.2) is 0 Å². The van der Waals surface area contributed by atoms with Crippen LogP contribution in [-0.4, -0.2) is 0 Å². The van der Waals surface area contributed by atoms with E-state index in [4.69, 9.17) is 12.3 Å². The second kappa shape index (κ2) is 11.8. The van der Waals surface area contributed by atoms with Crippen LogP contribution in [0.4, 0.5) is 0 Å². The SMILES string of the molecule is [2H]c1c([2H])c([2H])c(-c2cccc3c(-c4c5c([2H])c([2H])c([2H])c([2H])c5c(-c5c(-c6ccccc6)cccc5-c5ccccc5)c5c([2H])c([2H])c([2H])c([2H])c45)cccc23)c([2H])c1[2H]. The van der Waals surface area contributed by atoms with Gasteiger partial charge in [-0.15, -0.1) is 0 Å². The molecule has 0 aromatic heterocycles. The van der Waals surface area contributed by atoms with Crippen LogP contribution in [0.25, 0.3) is 88.0 Å². The van der Waals surface area contributed by atoms with Crippen molar-refractivity contribution >= 4 is 32.3 Å². The molecule has 0 bridgehead atoms. The molecule has 0 aliphatic rings. The van der Waals surface area contributed by atoms with Crippen LogP contribution < -0.4 is 0 Å². The highest BCUT2D eigenvalue weighted by molar-refractivity contribution is 6.25. The zero-order valence-corrected chi connectivity index (χ0v) is 25.5. The quantitative estimate of drug-likeness (QED) is 0.168. The van der Waals surface area contributed by atoms with E-state index >= 15 is 0 Å². The molecule has 0 spiro atoms. The summed E-state index contributed by atoms with van der Waals surface area (Å²) >= 11 is 0. The Morgan fingerprint density at radius 2 is 0.667 bits per heavy atom. The van der Waals surface area contributed by atoms with Crippen molar-refractivity contribution in [3.8, 4) is 55.6 Å². The lowest BCUT2D eigenvalue weighted by molar-refractivity contribution is 1.58. The third-order valence-corrected chi connectivity index (χ3v) is 8.82. The van der Waals surface area contributed by atoms with Gasteiger partial charge in [0.2, 0.25) is 0 Å². The van der Waals surface area contributed by atoms with Crippen molar-refractivity contribution in [2.24, 2.45) is 0 Å². The highest BCUT2D eigenvalue weighted by Crippen LogP contribution is 2.50. The van der Waals surface area contributed by atoms with Gasteiger partial charge in [0.15, 0.2) is 0 Å². The lowest BCUT2D eigenvalue weighted by atomic mass is 9.80. The van der Waals surface area contributed by atoms with E-state index < -0.39 is 78.6 Å². The number of hydrogen-bond donors (Lipinski definition) is 0. The molecule has 0 aliphatic carbocycles. The maximum atomic E-state index is 9.66. The number of rotatable bonds is 5. The van der Waals surface area contributed by atoms with Gasteiger partial charge < -0.3 is 0 Å². The molecule has 9 aromatic carbocycles. The molecule has 9 aromatic rings. The maximum Gasteiger partial charge on any atom is 0.0629 e. The number of benzene rings is 9. The van der Waals surface area contributed by atoms with E-state index in [2.05, 4.69) is 0 Å². The number of hydrogen-bond acceptors (Lipinski definition) is 0. The molecule has 9 rings (SSSR count). The van der Waals surface area contributed by atoms with Crippen molar-refractivity contribution in [2.75, 3.05) is 0 Å². The van der Waals surface area contributed by atoms with Crippen LogP contribution in [0.3, 0.4) is 0 Å². The minimum Gasteiger partial charge on any atom is -0.0622 e. The normalized spacial score (nSPS) is 15.1. The molecule has 0 unspecified atom stereocenters. The number of fused-ring (bicyclic) bond motifs is 3. The summed E-state index contributed by atoms with van der Waals surface area (Å²) < 4.78 is 117. The van der Waals surface area contributed by atoms with E-state index in [0.29, 0.717) is 38.6 Å². The standard InChI is InChI=1S/C48H32/c1-4-17-33(18-5-1)36-27-14-31-40-39(36)30-16-32-41(40)46-42-23-10-12-25-44(42)48(45-26-13-11-24-43(45)46)47-37(34-19-6-2-7-20-34)28-15-29-38(47)35-21-8-3-9-22-35/h1-32H/i1D,4D,5D,10D,11D,12D,13D,17D,18D,23D,24D,25D,26D. The molecule has 0 atom stereocenters. The van der Waals surface area contributed by atoms with Crippen LogP contribution >= 0.6 is 0 Å². The molecule has 48 heavy (non-hydrogen) atoms. The van der Waals surface area contributed by atoms with Crippen molar-refractivity contribution in [1.29, 1.82) is 0 Å². The Morgan fingerprint density at radius 3 is 1.21 bits per heavy atom. The van der Waals surface area contributed by atoms with Crippen LogP contribution in [0.5, 0.6) is 0 Å². The van der Waals surface area contributed by atoms with Gasteiger partial charge in [0.1, 0.15) is 0 Å². The summed E-state index contributed by atoms with van der Waals surface area (Å²) in [4.78, 5) is 0. The largest absolute Gasteiger partial charge is 0.0629 e. The Morgan fingerprint density at radius 1 is 0.250 bits per heavy atom. The summed E-state index contributed by atoms with van der Waals surface area (Å²) in [6, 6.07) is 28.7. The molecule has 0 saturated carbocycles. The van der Waals surface area contributed by atoms with Crippen molar-refractivity contribution in [1.82, 2.24) is 0 Å². The molecule has 0 fully saturated rings. The molecule has 0 N–H and O–H groups in total. The minimum absolute atomic E-state index is 0.0288. The molecule has 0 radical (unpaired) electrons. The molecule has 0 heteroatoms. The second-order valence-corrected chi connectivity index (χ2v) is 11.4. The van der Waals surface area contributed by atoms with Crippen LogP contribution in [-0.2, 0) is 0 Å². The zero-order chi connectivity index (χ0) is 43.2. The Balaban J connectivity index is 1.56. The third-order valence-electron chi connectivity index (χ3n) is 8.82. The first kappa shape index (κ1) is 17.6. The first-order chi connectivity index (χ1) is 29.3. The molecular weight excluding hydrogens is 577 g/mol. The topological polar surface area (TPSA) is 0 Å². The predicted octanol–water partition coefficient (Wildman–Crippen LogP) is 13.5. The zero-order valence-electron chi connectivity index (χ0n) is 38.5. The molecule has 224 valence electrons. The average Bonchev–Trinajstić information content (AvgIpc) is 3.29. The fraction of sp³-hybridized carbons (Fsp3) is 0. The van der Waals surface area contributed by atoms with Crippen LogP contribution in [0, 0.1) is 0 Å². The predicted molar refractivity (Wildman–Crippen MR) is 206 cm³/mol. The first-order valence-corrected chi connectivity index (χ1v) is 15.6. The second-order valence-electron chi connectivity index (χ2n) is 11.4. The maximum absolute atomic E-state index is 9.66. The van der Waals surface area contributed by atoms with Gasteiger partial charge >= 0.3 is 0 Å². The Hall–Kier alpha value is -6.24. The van der Waals surface area contributed by atoms with Gasteiger partial charge in [-0.2, -0.15) is 0 Å². The summed E-state index contributed by atoms with van der Waals surface area (Å²) in [5, 5.41) is 1.07. The van der Waals surface area contributed by atoms with Crippen molar-refractivity contribution < 1.29 is 17.8 Å². The van der Waals surface area contributed by atoms with E-state index in [1.807, 2.05) is 78.9 Å². The molecule has 0 saturated heterocycles. The monoisotopic (exact) mass is 621 g/mol. The molecule has 0 heterocycles. The summed E-state index contributed by atoms with van der Waals surface area (Å²) in [5.74, 6) is 0. The summed E-state index contributed by atoms with van der Waals surface area (Å²) in [6.45, 7) is 0. The van der Waals surface area contributed by atoms with Gasteiger partial charge in [-0.05, 0) is 88.0 Å². The summed E-state index contributed by atoms with van der Waals surface area (Å²) in [5.41, 5.74) is 4.38. The lowest BCUT2D eigenvalue weighted by Gasteiger charge is -2.23. The fourth-order valence-electron chi connectivity index (χ4n) is 6.81. The first-order valence-electron chi connectivity index (χ1n) is 22.1.